The summed E-state index contributed by atoms with van der Waals surface area (Å²) in [5.74, 6) is -2.25. The number of carbonyl (C=O) groups excluding carboxylic acids is 3. The van der Waals surface area contributed by atoms with Crippen LogP contribution in [0.2, 0.25) is 0 Å². The molecule has 0 amide bonds. The molecule has 0 saturated heterocycles. The van der Waals surface area contributed by atoms with Crippen LogP contribution in [-0.2, 0) is 33.3 Å². The Kier molecular flexibility index (Phi) is 68.4. The third-order valence-electron chi connectivity index (χ3n) is 17.6. The molecular weight excluding hydrogens is 1090 g/mol. The average Bonchev–Trinajstić information content (AvgIpc) is 3.55. The highest BCUT2D eigenvalue weighted by Gasteiger charge is 2.22. The summed E-state index contributed by atoms with van der Waals surface area (Å²) in [5.41, 5.74) is 0. The molecule has 0 spiro atoms. The summed E-state index contributed by atoms with van der Waals surface area (Å²) in [6.45, 7) is 4.81. The lowest BCUT2D eigenvalue weighted by molar-refractivity contribution is -0.870. The molecule has 88 heavy (non-hydrogen) atoms. The number of esters is 2. The summed E-state index contributed by atoms with van der Waals surface area (Å²) in [5, 5.41) is 11.8. The molecule has 0 aromatic carbocycles. The van der Waals surface area contributed by atoms with Gasteiger partial charge in [-0.1, -0.05) is 365 Å². The second-order valence-corrected chi connectivity index (χ2v) is 27.7. The van der Waals surface area contributed by atoms with Crippen LogP contribution in [-0.4, -0.2) is 82.3 Å². The quantitative estimate of drug-likeness (QED) is 0.0195. The van der Waals surface area contributed by atoms with Gasteiger partial charge in [-0.2, -0.15) is 0 Å². The van der Waals surface area contributed by atoms with Crippen molar-refractivity contribution < 1.29 is 42.9 Å². The number of quaternary nitrogens is 1. The van der Waals surface area contributed by atoms with E-state index in [1.54, 1.807) is 0 Å². The number of carbonyl (C=O) groups is 3. The first-order valence-electron chi connectivity index (χ1n) is 38.6. The van der Waals surface area contributed by atoms with Crippen LogP contribution < -0.4 is 5.11 Å². The molecule has 0 aromatic rings. The molecule has 9 heteroatoms. The molecule has 0 aliphatic rings. The second-order valence-electron chi connectivity index (χ2n) is 27.7. The van der Waals surface area contributed by atoms with E-state index < -0.39 is 24.3 Å². The number of carboxylic acid groups (broad SMARTS) is 1. The van der Waals surface area contributed by atoms with E-state index >= 15 is 0 Å². The summed E-state index contributed by atoms with van der Waals surface area (Å²) < 4.78 is 22.9. The molecule has 2 atom stereocenters. The van der Waals surface area contributed by atoms with Crippen LogP contribution in [0.4, 0.5) is 0 Å². The number of aliphatic carboxylic acids is 1. The first kappa shape index (κ1) is 85.5. The molecule has 0 aliphatic heterocycles. The van der Waals surface area contributed by atoms with Gasteiger partial charge in [-0.05, 0) is 51.4 Å². The third-order valence-corrected chi connectivity index (χ3v) is 17.6. The van der Waals surface area contributed by atoms with Crippen LogP contribution in [0.25, 0.3) is 0 Å². The van der Waals surface area contributed by atoms with Gasteiger partial charge in [-0.15, -0.1) is 0 Å². The van der Waals surface area contributed by atoms with Gasteiger partial charge < -0.3 is 33.3 Å². The highest BCUT2D eigenvalue weighted by atomic mass is 16.7. The van der Waals surface area contributed by atoms with Crippen molar-refractivity contribution in [3.63, 3.8) is 0 Å². The molecule has 0 aromatic heterocycles. The number of ether oxygens (including phenoxy) is 4. The van der Waals surface area contributed by atoms with Crippen molar-refractivity contribution in [1.82, 2.24) is 0 Å². The van der Waals surface area contributed by atoms with Gasteiger partial charge in [0.2, 0.25) is 0 Å². The van der Waals surface area contributed by atoms with Crippen LogP contribution >= 0.6 is 0 Å². The van der Waals surface area contributed by atoms with Gasteiger partial charge in [0.05, 0.1) is 40.3 Å². The number of carboxylic acids is 1. The SMILES string of the molecule is CCCCCCC/C=C\C/C=C\C/C=C\CCCCCCCCCCCCCCCCCCCCCCCCCCCCC(=O)OC(COC(=O)CCCCCCCCCCCCCCCCCCCCCCCC)COC(OCC[N+](C)(C)C)C(=O)[O-]. The van der Waals surface area contributed by atoms with Crippen LogP contribution in [0, 0.1) is 0 Å². The molecule has 518 valence electrons. The lowest BCUT2D eigenvalue weighted by Crippen LogP contribution is -2.44. The lowest BCUT2D eigenvalue weighted by Gasteiger charge is -2.26. The Bertz CT molecular complexity index is 1540. The number of hydrogen-bond acceptors (Lipinski definition) is 8. The summed E-state index contributed by atoms with van der Waals surface area (Å²) in [6, 6.07) is 0. The molecule has 0 aliphatic carbocycles. The van der Waals surface area contributed by atoms with E-state index in [1.165, 1.54) is 315 Å². The van der Waals surface area contributed by atoms with Gasteiger partial charge in [0.25, 0.3) is 0 Å². The molecule has 0 bridgehead atoms. The van der Waals surface area contributed by atoms with Gasteiger partial charge in [-0.3, -0.25) is 9.59 Å². The van der Waals surface area contributed by atoms with Crippen molar-refractivity contribution in [3.8, 4) is 0 Å². The van der Waals surface area contributed by atoms with Gasteiger partial charge in [-0.25, -0.2) is 0 Å². The van der Waals surface area contributed by atoms with Gasteiger partial charge in [0, 0.05) is 12.8 Å². The van der Waals surface area contributed by atoms with E-state index in [9.17, 15) is 19.5 Å². The first-order chi connectivity index (χ1) is 43.1. The molecular formula is C79H149NO8. The van der Waals surface area contributed by atoms with Crippen molar-refractivity contribution in [3.05, 3.63) is 36.5 Å². The maximum absolute atomic E-state index is 13.0. The van der Waals surface area contributed by atoms with Crippen LogP contribution in [0.5, 0.6) is 0 Å². The topological polar surface area (TPSA) is 111 Å². The molecule has 9 nitrogen and oxygen atoms in total. The van der Waals surface area contributed by atoms with Crippen LogP contribution in [0.3, 0.4) is 0 Å². The molecule has 0 fully saturated rings. The fraction of sp³-hybridized carbons (Fsp3) is 0.886. The molecule has 0 radical (unpaired) electrons. The molecule has 0 saturated carbocycles. The molecule has 2 unspecified atom stereocenters. The summed E-state index contributed by atoms with van der Waals surface area (Å²) in [7, 11) is 5.95. The Balaban J connectivity index is 3.93. The Morgan fingerprint density at radius 3 is 0.909 bits per heavy atom. The minimum Gasteiger partial charge on any atom is -0.545 e. The van der Waals surface area contributed by atoms with Gasteiger partial charge in [0.15, 0.2) is 12.4 Å². The molecule has 0 heterocycles. The zero-order valence-corrected chi connectivity index (χ0v) is 59.4. The normalized spacial score (nSPS) is 12.8. The van der Waals surface area contributed by atoms with E-state index in [-0.39, 0.29) is 32.2 Å². The van der Waals surface area contributed by atoms with Crippen molar-refractivity contribution in [1.29, 1.82) is 0 Å². The highest BCUT2D eigenvalue weighted by molar-refractivity contribution is 5.70. The van der Waals surface area contributed by atoms with E-state index in [0.29, 0.717) is 17.4 Å². The summed E-state index contributed by atoms with van der Waals surface area (Å²) in [4.78, 5) is 37.5. The van der Waals surface area contributed by atoms with E-state index in [0.717, 1.165) is 51.4 Å². The number of rotatable bonds is 73. The predicted octanol–water partition coefficient (Wildman–Crippen LogP) is 23.0. The number of nitrogens with zero attached hydrogens (tertiary/aromatic N) is 1. The maximum atomic E-state index is 13.0. The monoisotopic (exact) mass is 1240 g/mol. The number of likely N-dealkylation sites (N-methyl/N-ethyl adjacent to an activating group) is 1. The fourth-order valence-corrected chi connectivity index (χ4v) is 11.7. The van der Waals surface area contributed by atoms with Crippen LogP contribution in [0.15, 0.2) is 36.5 Å². The number of unbranched alkanes of at least 4 members (excludes halogenated alkanes) is 52. The van der Waals surface area contributed by atoms with Gasteiger partial charge in [0.1, 0.15) is 13.2 Å². The number of hydrogen-bond donors (Lipinski definition) is 0. The standard InChI is InChI=1S/C79H149NO8/c1-6-8-10-12-14-16-18-20-22-24-26-28-30-31-32-33-34-35-36-37-38-39-40-41-42-43-44-45-46-47-48-50-52-54-56-58-60-62-64-66-68-70-77(82)88-75(74-87-79(78(83)84)85-72-71-80(3,4)5)73-86-76(81)69-67-65-63-61-59-57-55-53-51-49-29-27-25-23-21-19-17-15-13-11-9-7-2/h18,20,24,26,30-31,75,79H,6-17,19,21-23,25,27-29,32-74H2,1-5H3/b20-18-,26-24-,31-30-. The Labute approximate surface area is 547 Å². The van der Waals surface area contributed by atoms with Crippen molar-refractivity contribution in [2.45, 2.75) is 405 Å². The first-order valence-corrected chi connectivity index (χ1v) is 38.6. The summed E-state index contributed by atoms with van der Waals surface area (Å²) >= 11 is 0. The predicted molar refractivity (Wildman–Crippen MR) is 376 cm³/mol. The Hall–Kier alpha value is -2.49. The van der Waals surface area contributed by atoms with Crippen molar-refractivity contribution in [2.75, 3.05) is 47.5 Å². The summed E-state index contributed by atoms with van der Waals surface area (Å²) in [6.07, 6.45) is 86.9. The smallest absolute Gasteiger partial charge is 0.306 e. The van der Waals surface area contributed by atoms with Crippen LogP contribution in [0.1, 0.15) is 393 Å². The van der Waals surface area contributed by atoms with Crippen molar-refractivity contribution in [2.24, 2.45) is 0 Å². The maximum Gasteiger partial charge on any atom is 0.306 e. The van der Waals surface area contributed by atoms with Crippen molar-refractivity contribution >= 4 is 17.9 Å². The highest BCUT2D eigenvalue weighted by Crippen LogP contribution is 2.20. The van der Waals surface area contributed by atoms with E-state index in [1.807, 2.05) is 21.1 Å². The molecule has 0 N–H and O–H groups in total. The minimum atomic E-state index is -1.62. The zero-order valence-electron chi connectivity index (χ0n) is 59.4. The lowest BCUT2D eigenvalue weighted by atomic mass is 10.0. The Morgan fingerprint density at radius 1 is 0.341 bits per heavy atom. The second kappa shape index (κ2) is 70.4. The largest absolute Gasteiger partial charge is 0.545 e. The van der Waals surface area contributed by atoms with E-state index in [4.69, 9.17) is 18.9 Å². The zero-order chi connectivity index (χ0) is 64.0. The third kappa shape index (κ3) is 71.0. The number of allylic oxidation sites excluding steroid dienone is 6. The van der Waals surface area contributed by atoms with Gasteiger partial charge >= 0.3 is 11.9 Å². The Morgan fingerprint density at radius 2 is 0.614 bits per heavy atom. The minimum absolute atomic E-state index is 0.152. The fourth-order valence-electron chi connectivity index (χ4n) is 11.7. The molecule has 0 rings (SSSR count). The van der Waals surface area contributed by atoms with E-state index in [2.05, 4.69) is 50.3 Å². The average molecular weight is 1240 g/mol.